The molecule has 6 nitrogen and oxygen atoms in total. The van der Waals surface area contributed by atoms with Crippen LogP contribution in [0.25, 0.3) is 11.1 Å². The number of carboxylic acids is 1. The second-order valence-electron chi connectivity index (χ2n) is 8.01. The molecule has 0 fully saturated rings. The number of hydrogen-bond acceptors (Lipinski definition) is 3. The number of unbranched alkanes of at least 4 members (excludes halogenated alkanes) is 1. The fourth-order valence-corrected chi connectivity index (χ4v) is 3.51. The number of benzene rings is 2. The average molecular weight is 408 g/mol. The largest absolute Gasteiger partial charge is 0.478 e. The molecule has 0 aliphatic heterocycles. The zero-order chi connectivity index (χ0) is 21.7. The van der Waals surface area contributed by atoms with Crippen molar-refractivity contribution in [3.05, 3.63) is 76.0 Å². The van der Waals surface area contributed by atoms with Crippen molar-refractivity contribution in [3.63, 3.8) is 0 Å². The first kappa shape index (κ1) is 21.6. The lowest BCUT2D eigenvalue weighted by molar-refractivity contribution is 0.0697. The Labute approximate surface area is 176 Å². The summed E-state index contributed by atoms with van der Waals surface area (Å²) in [7, 11) is 0. The van der Waals surface area contributed by atoms with Crippen LogP contribution in [0.15, 0.2) is 53.3 Å². The van der Waals surface area contributed by atoms with Crippen LogP contribution in [0.3, 0.4) is 0 Å². The summed E-state index contributed by atoms with van der Waals surface area (Å²) in [6.07, 6.45) is 2.69. The molecule has 1 heterocycles. The zero-order valence-electron chi connectivity index (χ0n) is 17.8. The van der Waals surface area contributed by atoms with E-state index in [4.69, 9.17) is 0 Å². The number of rotatable bonds is 9. The molecule has 1 N–H and O–H groups in total. The number of hydrogen-bond donors (Lipinski definition) is 1. The molecular weight excluding hydrogens is 378 g/mol. The van der Waals surface area contributed by atoms with Gasteiger partial charge < -0.3 is 5.11 Å². The number of nitrogens with zero attached hydrogens (tertiary/aromatic N) is 3. The van der Waals surface area contributed by atoms with Crippen LogP contribution in [0.2, 0.25) is 0 Å². The van der Waals surface area contributed by atoms with Gasteiger partial charge in [0.25, 0.3) is 0 Å². The van der Waals surface area contributed by atoms with E-state index in [-0.39, 0.29) is 11.3 Å². The first-order chi connectivity index (χ1) is 14.4. The number of aromatic nitrogens is 3. The van der Waals surface area contributed by atoms with Crippen molar-refractivity contribution >= 4 is 5.97 Å². The fraction of sp³-hybridized carbons (Fsp3) is 0.375. The van der Waals surface area contributed by atoms with E-state index in [2.05, 4.69) is 25.9 Å². The summed E-state index contributed by atoms with van der Waals surface area (Å²) in [5, 5.41) is 14.0. The average Bonchev–Trinajstić information content (AvgIpc) is 3.01. The van der Waals surface area contributed by atoms with Crippen LogP contribution in [0.4, 0.5) is 0 Å². The van der Waals surface area contributed by atoms with Crippen molar-refractivity contribution in [2.45, 2.75) is 53.1 Å². The molecule has 0 saturated heterocycles. The van der Waals surface area contributed by atoms with Crippen molar-refractivity contribution in [3.8, 4) is 11.1 Å². The summed E-state index contributed by atoms with van der Waals surface area (Å²) >= 11 is 0. The molecule has 3 aromatic rings. The highest BCUT2D eigenvalue weighted by Gasteiger charge is 2.15. The Hall–Kier alpha value is -3.15. The molecule has 0 aliphatic carbocycles. The van der Waals surface area contributed by atoms with Gasteiger partial charge in [0.05, 0.1) is 12.1 Å². The van der Waals surface area contributed by atoms with Crippen molar-refractivity contribution in [2.24, 2.45) is 5.92 Å². The van der Waals surface area contributed by atoms with E-state index in [0.717, 1.165) is 36.2 Å². The molecule has 0 amide bonds. The maximum Gasteiger partial charge on any atom is 0.346 e. The van der Waals surface area contributed by atoms with Crippen LogP contribution in [0, 0.1) is 5.92 Å². The van der Waals surface area contributed by atoms with Gasteiger partial charge in [-0.3, -0.25) is 4.57 Å². The van der Waals surface area contributed by atoms with Crippen molar-refractivity contribution < 1.29 is 9.90 Å². The van der Waals surface area contributed by atoms with E-state index in [1.807, 2.05) is 36.4 Å². The standard InChI is InChI=1S/C24H29N3O3/c1-4-5-14-27-24(30)26(22(25-27)15-17(2)3)16-18-10-12-19(13-11-18)20-8-6-7-9-21(20)23(28)29/h6-13,17H,4-5,14-16H2,1-3H3,(H,28,29). The topological polar surface area (TPSA) is 77.1 Å². The van der Waals surface area contributed by atoms with Crippen molar-refractivity contribution in [2.75, 3.05) is 0 Å². The van der Waals surface area contributed by atoms with Crippen LogP contribution in [-0.2, 0) is 19.5 Å². The second kappa shape index (κ2) is 9.57. The fourth-order valence-electron chi connectivity index (χ4n) is 3.51. The molecule has 0 atom stereocenters. The van der Waals surface area contributed by atoms with E-state index in [9.17, 15) is 14.7 Å². The lowest BCUT2D eigenvalue weighted by Crippen LogP contribution is -2.26. The van der Waals surface area contributed by atoms with Gasteiger partial charge in [0.1, 0.15) is 5.82 Å². The molecule has 3 rings (SSSR count). The first-order valence-corrected chi connectivity index (χ1v) is 10.5. The monoisotopic (exact) mass is 407 g/mol. The Morgan fingerprint density at radius 3 is 2.43 bits per heavy atom. The Bertz CT molecular complexity index is 1060. The molecular formula is C24H29N3O3. The van der Waals surface area contributed by atoms with E-state index >= 15 is 0 Å². The Morgan fingerprint density at radius 1 is 1.10 bits per heavy atom. The van der Waals surface area contributed by atoms with Gasteiger partial charge in [-0.2, -0.15) is 5.10 Å². The number of aryl methyl sites for hydroxylation is 1. The molecule has 1 aromatic heterocycles. The summed E-state index contributed by atoms with van der Waals surface area (Å²) in [4.78, 5) is 24.4. The van der Waals surface area contributed by atoms with Gasteiger partial charge in [-0.05, 0) is 35.1 Å². The van der Waals surface area contributed by atoms with E-state index in [0.29, 0.717) is 24.6 Å². The third-order valence-corrected chi connectivity index (χ3v) is 5.08. The van der Waals surface area contributed by atoms with Crippen LogP contribution in [0.1, 0.15) is 55.4 Å². The Balaban J connectivity index is 1.89. The van der Waals surface area contributed by atoms with Crippen molar-refractivity contribution in [1.29, 1.82) is 0 Å². The summed E-state index contributed by atoms with van der Waals surface area (Å²) in [5.74, 6) is 0.269. The SMILES string of the molecule is CCCCn1nc(CC(C)C)n(Cc2ccc(-c3ccccc3C(=O)O)cc2)c1=O. The van der Waals surface area contributed by atoms with Gasteiger partial charge in [0.2, 0.25) is 0 Å². The van der Waals surface area contributed by atoms with Crippen LogP contribution in [-0.4, -0.2) is 25.4 Å². The third kappa shape index (κ3) is 4.87. The van der Waals surface area contributed by atoms with Gasteiger partial charge in [0.15, 0.2) is 0 Å². The van der Waals surface area contributed by atoms with E-state index in [1.54, 1.807) is 21.4 Å². The molecule has 2 aromatic carbocycles. The highest BCUT2D eigenvalue weighted by Crippen LogP contribution is 2.24. The van der Waals surface area contributed by atoms with Crippen LogP contribution < -0.4 is 5.69 Å². The van der Waals surface area contributed by atoms with E-state index in [1.165, 1.54) is 0 Å². The minimum Gasteiger partial charge on any atom is -0.478 e. The van der Waals surface area contributed by atoms with Gasteiger partial charge in [-0.1, -0.05) is 69.7 Å². The maximum atomic E-state index is 12.9. The molecule has 0 saturated carbocycles. The maximum absolute atomic E-state index is 12.9. The quantitative estimate of drug-likeness (QED) is 0.568. The molecule has 0 bridgehead atoms. The molecule has 30 heavy (non-hydrogen) atoms. The Morgan fingerprint density at radius 2 is 1.80 bits per heavy atom. The minimum absolute atomic E-state index is 0.0700. The summed E-state index contributed by atoms with van der Waals surface area (Å²) in [6.45, 7) is 7.43. The van der Waals surface area contributed by atoms with Crippen molar-refractivity contribution in [1.82, 2.24) is 14.3 Å². The number of carbonyl (C=O) groups is 1. The second-order valence-corrected chi connectivity index (χ2v) is 8.01. The summed E-state index contributed by atoms with van der Waals surface area (Å²) in [5.41, 5.74) is 2.71. The third-order valence-electron chi connectivity index (χ3n) is 5.08. The smallest absolute Gasteiger partial charge is 0.346 e. The molecule has 0 unspecified atom stereocenters. The molecule has 0 spiro atoms. The Kier molecular flexibility index (Phi) is 6.87. The highest BCUT2D eigenvalue weighted by atomic mass is 16.4. The summed E-state index contributed by atoms with van der Waals surface area (Å²) < 4.78 is 3.34. The molecule has 158 valence electrons. The molecule has 6 heteroatoms. The zero-order valence-corrected chi connectivity index (χ0v) is 17.8. The minimum atomic E-state index is -0.945. The highest BCUT2D eigenvalue weighted by molar-refractivity contribution is 5.95. The summed E-state index contributed by atoms with van der Waals surface area (Å²) in [6, 6.07) is 14.7. The van der Waals surface area contributed by atoms with Crippen LogP contribution in [0.5, 0.6) is 0 Å². The molecule has 0 aliphatic rings. The number of aromatic carboxylic acids is 1. The lowest BCUT2D eigenvalue weighted by Gasteiger charge is -2.10. The predicted molar refractivity (Wildman–Crippen MR) is 118 cm³/mol. The van der Waals surface area contributed by atoms with Crippen LogP contribution >= 0.6 is 0 Å². The van der Waals surface area contributed by atoms with Gasteiger partial charge in [0, 0.05) is 13.0 Å². The predicted octanol–water partition coefficient (Wildman–Crippen LogP) is 4.46. The van der Waals surface area contributed by atoms with Gasteiger partial charge >= 0.3 is 11.7 Å². The molecule has 0 radical (unpaired) electrons. The van der Waals surface area contributed by atoms with Gasteiger partial charge in [-0.25, -0.2) is 14.3 Å². The van der Waals surface area contributed by atoms with Gasteiger partial charge in [-0.15, -0.1) is 0 Å². The van der Waals surface area contributed by atoms with E-state index < -0.39 is 5.97 Å². The lowest BCUT2D eigenvalue weighted by atomic mass is 9.99. The number of carboxylic acid groups (broad SMARTS) is 1. The first-order valence-electron chi connectivity index (χ1n) is 10.5. The normalized spacial score (nSPS) is 11.2.